The van der Waals surface area contributed by atoms with Gasteiger partial charge in [-0.2, -0.15) is 0 Å². The van der Waals surface area contributed by atoms with Crippen molar-refractivity contribution in [2.45, 2.75) is 0 Å². The number of methoxy groups -OCH3 is 1. The highest BCUT2D eigenvalue weighted by Crippen LogP contribution is 2.28. The predicted molar refractivity (Wildman–Crippen MR) is 52.7 cm³/mol. The van der Waals surface area contributed by atoms with Gasteiger partial charge in [-0.1, -0.05) is 12.1 Å². The number of rotatable bonds is 1. The quantitative estimate of drug-likeness (QED) is 0.717. The lowest BCUT2D eigenvalue weighted by molar-refractivity contribution is 0.420. The lowest BCUT2D eigenvalue weighted by atomic mass is 10.1. The van der Waals surface area contributed by atoms with E-state index in [-0.39, 0.29) is 0 Å². The third kappa shape index (κ3) is 1.18. The Bertz CT molecular complexity index is 435. The molecule has 0 saturated heterocycles. The third-order valence-corrected chi connectivity index (χ3v) is 2.00. The zero-order valence-corrected chi connectivity index (χ0v) is 7.32. The Kier molecular flexibility index (Phi) is 1.77. The summed E-state index contributed by atoms with van der Waals surface area (Å²) < 4.78 is 5.19. The minimum Gasteiger partial charge on any atom is -0.496 e. The van der Waals surface area contributed by atoms with Crippen LogP contribution in [0.15, 0.2) is 30.5 Å². The minimum absolute atomic E-state index is 0.509. The van der Waals surface area contributed by atoms with Crippen molar-refractivity contribution in [3.05, 3.63) is 30.5 Å². The molecule has 2 N–H and O–H groups in total. The van der Waals surface area contributed by atoms with Crippen molar-refractivity contribution in [2.24, 2.45) is 0 Å². The number of pyridine rings is 1. The van der Waals surface area contributed by atoms with Crippen molar-refractivity contribution in [1.29, 1.82) is 0 Å². The smallest absolute Gasteiger partial charge is 0.134 e. The molecule has 0 amide bonds. The lowest BCUT2D eigenvalue weighted by Gasteiger charge is -2.05. The Morgan fingerprint density at radius 3 is 2.92 bits per heavy atom. The summed E-state index contributed by atoms with van der Waals surface area (Å²) in [4.78, 5) is 4.01. The van der Waals surface area contributed by atoms with Crippen LogP contribution in [0.1, 0.15) is 0 Å². The molecular weight excluding hydrogens is 164 g/mol. The Balaban J connectivity index is 2.87. The maximum Gasteiger partial charge on any atom is 0.134 e. The maximum atomic E-state index is 5.74. The summed E-state index contributed by atoms with van der Waals surface area (Å²) in [5, 5.41) is 1.93. The zero-order chi connectivity index (χ0) is 9.26. The van der Waals surface area contributed by atoms with E-state index in [1.165, 1.54) is 0 Å². The Labute approximate surface area is 76.2 Å². The molecule has 0 fully saturated rings. The summed E-state index contributed by atoms with van der Waals surface area (Å²) in [5.41, 5.74) is 5.74. The standard InChI is InChI=1S/C10H10N2O/c1-13-8-4-2-3-7-5-6-12-10(11)9(7)8/h2-6H,1H3,(H2,11,12). The number of nitrogens with zero attached hydrogens (tertiary/aromatic N) is 1. The van der Waals surface area contributed by atoms with Gasteiger partial charge in [0.15, 0.2) is 0 Å². The van der Waals surface area contributed by atoms with Crippen LogP contribution in [0.3, 0.4) is 0 Å². The first-order valence-electron chi connectivity index (χ1n) is 4.00. The van der Waals surface area contributed by atoms with E-state index in [0.29, 0.717) is 5.82 Å². The molecular formula is C10H10N2O. The largest absolute Gasteiger partial charge is 0.496 e. The first-order chi connectivity index (χ1) is 6.33. The minimum atomic E-state index is 0.509. The highest BCUT2D eigenvalue weighted by atomic mass is 16.5. The number of nitrogens with two attached hydrogens (primary N) is 1. The highest BCUT2D eigenvalue weighted by molar-refractivity contribution is 5.95. The lowest BCUT2D eigenvalue weighted by Crippen LogP contribution is -1.93. The van der Waals surface area contributed by atoms with Crippen molar-refractivity contribution in [1.82, 2.24) is 4.98 Å². The molecule has 1 heterocycles. The van der Waals surface area contributed by atoms with Crippen molar-refractivity contribution < 1.29 is 4.74 Å². The van der Waals surface area contributed by atoms with Crippen LogP contribution in [0.25, 0.3) is 10.8 Å². The Morgan fingerprint density at radius 1 is 1.31 bits per heavy atom. The third-order valence-electron chi connectivity index (χ3n) is 2.00. The number of hydrogen-bond donors (Lipinski definition) is 1. The van der Waals surface area contributed by atoms with Gasteiger partial charge >= 0.3 is 0 Å². The first kappa shape index (κ1) is 7.86. The highest BCUT2D eigenvalue weighted by Gasteiger charge is 2.03. The van der Waals surface area contributed by atoms with Gasteiger partial charge in [0.2, 0.25) is 0 Å². The van der Waals surface area contributed by atoms with Crippen LogP contribution in [-0.4, -0.2) is 12.1 Å². The van der Waals surface area contributed by atoms with Crippen molar-refractivity contribution in [2.75, 3.05) is 12.8 Å². The van der Waals surface area contributed by atoms with Crippen LogP contribution >= 0.6 is 0 Å². The molecule has 0 radical (unpaired) electrons. The fraction of sp³-hybridized carbons (Fsp3) is 0.100. The van der Waals surface area contributed by atoms with Gasteiger partial charge in [-0.15, -0.1) is 0 Å². The van der Waals surface area contributed by atoms with Crippen LogP contribution in [0.2, 0.25) is 0 Å². The molecule has 0 aliphatic rings. The summed E-state index contributed by atoms with van der Waals surface area (Å²) in [5.74, 6) is 1.28. The van der Waals surface area contributed by atoms with Crippen molar-refractivity contribution in [3.63, 3.8) is 0 Å². The number of benzene rings is 1. The molecule has 0 spiro atoms. The molecule has 13 heavy (non-hydrogen) atoms. The fourth-order valence-corrected chi connectivity index (χ4v) is 1.39. The predicted octanol–water partition coefficient (Wildman–Crippen LogP) is 1.83. The maximum absolute atomic E-state index is 5.74. The van der Waals surface area contributed by atoms with Crippen LogP contribution in [-0.2, 0) is 0 Å². The molecule has 0 aliphatic heterocycles. The number of nitrogen functional groups attached to an aromatic ring is 1. The molecule has 0 saturated carbocycles. The second-order valence-electron chi connectivity index (χ2n) is 2.75. The molecule has 0 bridgehead atoms. The van der Waals surface area contributed by atoms with Crippen LogP contribution < -0.4 is 10.5 Å². The van der Waals surface area contributed by atoms with E-state index in [0.717, 1.165) is 16.5 Å². The van der Waals surface area contributed by atoms with Crippen molar-refractivity contribution >= 4 is 16.6 Å². The topological polar surface area (TPSA) is 48.1 Å². The average molecular weight is 174 g/mol. The van der Waals surface area contributed by atoms with Crippen LogP contribution in [0, 0.1) is 0 Å². The van der Waals surface area contributed by atoms with Gasteiger partial charge in [0, 0.05) is 6.20 Å². The van der Waals surface area contributed by atoms with Gasteiger partial charge in [-0.3, -0.25) is 0 Å². The van der Waals surface area contributed by atoms with Gasteiger partial charge in [-0.05, 0) is 17.5 Å². The van der Waals surface area contributed by atoms with E-state index in [4.69, 9.17) is 10.5 Å². The van der Waals surface area contributed by atoms with Crippen LogP contribution in [0.4, 0.5) is 5.82 Å². The van der Waals surface area contributed by atoms with Gasteiger partial charge < -0.3 is 10.5 Å². The molecule has 2 aromatic rings. The van der Waals surface area contributed by atoms with Gasteiger partial charge in [0.05, 0.1) is 12.5 Å². The van der Waals surface area contributed by atoms with E-state index < -0.39 is 0 Å². The molecule has 2 rings (SSSR count). The van der Waals surface area contributed by atoms with Gasteiger partial charge in [0.1, 0.15) is 11.6 Å². The summed E-state index contributed by atoms with van der Waals surface area (Å²) >= 11 is 0. The molecule has 66 valence electrons. The SMILES string of the molecule is COc1cccc2ccnc(N)c12. The molecule has 1 aromatic carbocycles. The number of fused-ring (bicyclic) bond motifs is 1. The number of anilines is 1. The number of ether oxygens (including phenoxy) is 1. The summed E-state index contributed by atoms with van der Waals surface area (Å²) in [6.45, 7) is 0. The normalized spacial score (nSPS) is 10.2. The van der Waals surface area contributed by atoms with E-state index in [1.54, 1.807) is 13.3 Å². The molecule has 3 nitrogen and oxygen atoms in total. The average Bonchev–Trinajstić information content (AvgIpc) is 2.17. The summed E-state index contributed by atoms with van der Waals surface area (Å²) in [6.07, 6.45) is 1.69. The molecule has 0 unspecified atom stereocenters. The van der Waals surface area contributed by atoms with E-state index in [9.17, 15) is 0 Å². The fourth-order valence-electron chi connectivity index (χ4n) is 1.39. The number of hydrogen-bond acceptors (Lipinski definition) is 3. The summed E-state index contributed by atoms with van der Waals surface area (Å²) in [6, 6.07) is 7.70. The summed E-state index contributed by atoms with van der Waals surface area (Å²) in [7, 11) is 1.63. The Hall–Kier alpha value is -1.77. The van der Waals surface area contributed by atoms with Gasteiger partial charge in [0.25, 0.3) is 0 Å². The molecule has 1 aromatic heterocycles. The monoisotopic (exact) mass is 174 g/mol. The second-order valence-corrected chi connectivity index (χ2v) is 2.75. The van der Waals surface area contributed by atoms with E-state index >= 15 is 0 Å². The zero-order valence-electron chi connectivity index (χ0n) is 7.32. The van der Waals surface area contributed by atoms with Crippen molar-refractivity contribution in [3.8, 4) is 5.75 Å². The number of aromatic nitrogens is 1. The van der Waals surface area contributed by atoms with E-state index in [1.807, 2.05) is 24.3 Å². The molecule has 3 heteroatoms. The molecule has 0 aliphatic carbocycles. The molecule has 0 atom stereocenters. The van der Waals surface area contributed by atoms with Crippen LogP contribution in [0.5, 0.6) is 5.75 Å². The van der Waals surface area contributed by atoms with E-state index in [2.05, 4.69) is 4.98 Å². The second kappa shape index (κ2) is 2.94. The first-order valence-corrected chi connectivity index (χ1v) is 4.00. The van der Waals surface area contributed by atoms with Gasteiger partial charge in [-0.25, -0.2) is 4.98 Å². The Morgan fingerprint density at radius 2 is 2.15 bits per heavy atom.